The van der Waals surface area contributed by atoms with E-state index in [0.29, 0.717) is 11.1 Å². The molecule has 0 amide bonds. The minimum Gasteiger partial charge on any atom is -0.512 e. The van der Waals surface area contributed by atoms with Gasteiger partial charge in [-0.15, -0.1) is 0 Å². The van der Waals surface area contributed by atoms with Gasteiger partial charge in [-0.2, -0.15) is 0 Å². The molecular weight excluding hydrogens is 348 g/mol. The van der Waals surface area contributed by atoms with Crippen molar-refractivity contribution < 1.29 is 29.3 Å². The number of carbonyl (C=O) groups is 2. The van der Waals surface area contributed by atoms with Gasteiger partial charge in [-0.1, -0.05) is 24.3 Å². The van der Waals surface area contributed by atoms with E-state index < -0.39 is 0 Å². The van der Waals surface area contributed by atoms with E-state index in [9.17, 15) is 19.8 Å². The molecule has 27 heavy (non-hydrogen) atoms. The van der Waals surface area contributed by atoms with Crippen LogP contribution in [-0.2, 0) is 19.1 Å². The summed E-state index contributed by atoms with van der Waals surface area (Å²) in [5.74, 6) is -0.132. The fourth-order valence-corrected chi connectivity index (χ4v) is 2.26. The van der Waals surface area contributed by atoms with E-state index in [2.05, 4.69) is 0 Å². The molecule has 0 spiro atoms. The second-order valence-electron chi connectivity index (χ2n) is 5.65. The van der Waals surface area contributed by atoms with Crippen molar-refractivity contribution in [3.63, 3.8) is 0 Å². The van der Waals surface area contributed by atoms with E-state index >= 15 is 0 Å². The van der Waals surface area contributed by atoms with Crippen molar-refractivity contribution >= 4 is 11.6 Å². The summed E-state index contributed by atoms with van der Waals surface area (Å²) in [6.07, 6.45) is 15.1. The Bertz CT molecular complexity index is 800. The smallest absolute Gasteiger partial charge is 0.220 e. The largest absolute Gasteiger partial charge is 0.512 e. The zero-order valence-electron chi connectivity index (χ0n) is 15.0. The Morgan fingerprint density at radius 1 is 0.815 bits per heavy atom. The van der Waals surface area contributed by atoms with Crippen LogP contribution in [0.2, 0.25) is 0 Å². The second-order valence-corrected chi connectivity index (χ2v) is 5.65. The lowest BCUT2D eigenvalue weighted by Crippen LogP contribution is -2.04. The highest BCUT2D eigenvalue weighted by molar-refractivity contribution is 6.05. The average molecular weight is 368 g/mol. The maximum absolute atomic E-state index is 11.5. The first-order chi connectivity index (χ1) is 12.9. The normalized spacial score (nSPS) is 20.8. The molecule has 0 radical (unpaired) electrons. The zero-order chi connectivity index (χ0) is 19.8. The molecule has 0 saturated carbocycles. The number of methoxy groups -OCH3 is 2. The Hall–Kier alpha value is -3.54. The molecule has 0 unspecified atom stereocenters. The van der Waals surface area contributed by atoms with Gasteiger partial charge in [0.2, 0.25) is 11.6 Å². The monoisotopic (exact) mass is 368 g/mol. The van der Waals surface area contributed by atoms with Crippen LogP contribution < -0.4 is 0 Å². The molecule has 0 aromatic heterocycles. The van der Waals surface area contributed by atoms with E-state index in [1.54, 1.807) is 36.5 Å². The second kappa shape index (κ2) is 9.24. The molecule has 2 N–H and O–H groups in total. The Morgan fingerprint density at radius 3 is 1.59 bits per heavy atom. The van der Waals surface area contributed by atoms with Gasteiger partial charge in [0, 0.05) is 0 Å². The summed E-state index contributed by atoms with van der Waals surface area (Å²) in [5.41, 5.74) is 1.36. The number of allylic oxidation sites excluding steroid dienone is 12. The third-order valence-electron chi connectivity index (χ3n) is 3.67. The molecule has 140 valence electrons. The van der Waals surface area contributed by atoms with Crippen molar-refractivity contribution in [1.29, 1.82) is 0 Å². The van der Waals surface area contributed by atoms with Crippen molar-refractivity contribution in [1.82, 2.24) is 0 Å². The number of ketones is 2. The number of rotatable bonds is 6. The van der Waals surface area contributed by atoms with E-state index in [0.717, 1.165) is 0 Å². The van der Waals surface area contributed by atoms with Crippen molar-refractivity contribution in [2.45, 2.75) is 6.42 Å². The van der Waals surface area contributed by atoms with Gasteiger partial charge in [0.05, 0.1) is 32.2 Å². The van der Waals surface area contributed by atoms with Gasteiger partial charge in [0.1, 0.15) is 0 Å². The summed E-state index contributed by atoms with van der Waals surface area (Å²) in [4.78, 5) is 22.9. The van der Waals surface area contributed by atoms with Gasteiger partial charge < -0.3 is 19.7 Å². The van der Waals surface area contributed by atoms with E-state index in [1.165, 1.54) is 38.5 Å². The molecule has 0 atom stereocenters. The lowest BCUT2D eigenvalue weighted by Gasteiger charge is -2.07. The van der Waals surface area contributed by atoms with Gasteiger partial charge in [0.15, 0.2) is 11.5 Å². The lowest BCUT2D eigenvalue weighted by molar-refractivity contribution is -0.114. The van der Waals surface area contributed by atoms with Crippen molar-refractivity contribution in [3.8, 4) is 0 Å². The molecule has 0 heterocycles. The first-order valence-electron chi connectivity index (χ1n) is 8.08. The highest BCUT2D eigenvalue weighted by Gasteiger charge is 2.11. The van der Waals surface area contributed by atoms with Crippen LogP contribution >= 0.6 is 0 Å². The third-order valence-corrected chi connectivity index (χ3v) is 3.67. The van der Waals surface area contributed by atoms with Crippen LogP contribution in [-0.4, -0.2) is 36.0 Å². The highest BCUT2D eigenvalue weighted by atomic mass is 16.5. The minimum absolute atomic E-state index is 0.0604. The zero-order valence-corrected chi connectivity index (χ0v) is 15.0. The molecule has 0 fully saturated rings. The van der Waals surface area contributed by atoms with Gasteiger partial charge in [-0.25, -0.2) is 0 Å². The Kier molecular flexibility index (Phi) is 6.77. The Labute approximate surface area is 157 Å². The Morgan fingerprint density at radius 2 is 1.22 bits per heavy atom. The van der Waals surface area contributed by atoms with Gasteiger partial charge in [-0.3, -0.25) is 9.59 Å². The summed E-state index contributed by atoms with van der Waals surface area (Å²) >= 11 is 0. The predicted molar refractivity (Wildman–Crippen MR) is 101 cm³/mol. The molecule has 0 aliphatic heterocycles. The molecule has 0 aromatic carbocycles. The van der Waals surface area contributed by atoms with Gasteiger partial charge in [-0.05, 0) is 47.6 Å². The van der Waals surface area contributed by atoms with Gasteiger partial charge >= 0.3 is 0 Å². The number of carbonyl (C=O) groups excluding carboxylic acids is 2. The topological polar surface area (TPSA) is 93.1 Å². The highest BCUT2D eigenvalue weighted by Crippen LogP contribution is 2.16. The van der Waals surface area contributed by atoms with E-state index in [4.69, 9.17) is 9.47 Å². The van der Waals surface area contributed by atoms with Crippen molar-refractivity contribution in [2.24, 2.45) is 0 Å². The number of hydrogen-bond acceptors (Lipinski definition) is 6. The molecule has 0 bridgehead atoms. The molecule has 0 aromatic rings. The fraction of sp³-hybridized carbons (Fsp3) is 0.143. The number of aliphatic hydroxyl groups is 2. The van der Waals surface area contributed by atoms with E-state index in [-0.39, 0.29) is 41.0 Å². The van der Waals surface area contributed by atoms with Gasteiger partial charge in [0.25, 0.3) is 0 Å². The number of hydrogen-bond donors (Lipinski definition) is 2. The molecule has 2 rings (SSSR count). The molecule has 0 saturated heterocycles. The van der Waals surface area contributed by atoms with Crippen LogP contribution in [0.15, 0.2) is 94.9 Å². The maximum Gasteiger partial charge on any atom is 0.220 e. The van der Waals surface area contributed by atoms with Crippen LogP contribution in [0.5, 0.6) is 0 Å². The third kappa shape index (κ3) is 5.74. The molecule has 2 aliphatic rings. The molecule has 6 heteroatoms. The summed E-state index contributed by atoms with van der Waals surface area (Å²) in [5, 5.41) is 19.9. The van der Waals surface area contributed by atoms with Crippen LogP contribution in [0.1, 0.15) is 6.42 Å². The molecular formula is C21H20O6. The summed E-state index contributed by atoms with van der Waals surface area (Å²) in [6, 6.07) is 0. The number of ether oxygens (including phenoxy) is 2. The minimum atomic E-state index is -0.222. The predicted octanol–water partition coefficient (Wildman–Crippen LogP) is 3.45. The SMILES string of the molecule is COC1=CC(=CC=C(O)CC(O)=CC=C2C=CC(=O)C(OC)=C2)C=CC1=O. The quantitative estimate of drug-likeness (QED) is 0.698. The van der Waals surface area contributed by atoms with Crippen molar-refractivity contribution in [2.75, 3.05) is 14.2 Å². The lowest BCUT2D eigenvalue weighted by atomic mass is 10.1. The van der Waals surface area contributed by atoms with Crippen molar-refractivity contribution in [3.05, 3.63) is 94.9 Å². The summed E-state index contributed by atoms with van der Waals surface area (Å²) < 4.78 is 9.91. The standard InChI is InChI=1S/C21H20O6/c1-26-20-11-14(5-9-18(20)24)3-7-16(22)13-17(23)8-4-15-6-10-19(25)21(12-15)27-2/h3-12,22-23H,13H2,1-2H3. The van der Waals surface area contributed by atoms with Crippen LogP contribution in [0.25, 0.3) is 0 Å². The number of aliphatic hydroxyl groups excluding tert-OH is 2. The van der Waals surface area contributed by atoms with Crippen LogP contribution in [0, 0.1) is 0 Å². The van der Waals surface area contributed by atoms with Crippen LogP contribution in [0.3, 0.4) is 0 Å². The molecule has 6 nitrogen and oxygen atoms in total. The first-order valence-corrected chi connectivity index (χ1v) is 8.08. The average Bonchev–Trinajstić information content (AvgIpc) is 2.66. The van der Waals surface area contributed by atoms with Crippen LogP contribution in [0.4, 0.5) is 0 Å². The maximum atomic E-state index is 11.5. The van der Waals surface area contributed by atoms with E-state index in [1.807, 2.05) is 0 Å². The Balaban J connectivity index is 2.04. The molecule has 2 aliphatic carbocycles. The summed E-state index contributed by atoms with van der Waals surface area (Å²) in [7, 11) is 2.82. The first kappa shape index (κ1) is 19.8. The summed E-state index contributed by atoms with van der Waals surface area (Å²) in [6.45, 7) is 0. The fourth-order valence-electron chi connectivity index (χ4n) is 2.26.